The summed E-state index contributed by atoms with van der Waals surface area (Å²) >= 11 is 3.51. The third-order valence-corrected chi connectivity index (χ3v) is 4.68. The molecule has 0 atom stereocenters. The van der Waals surface area contributed by atoms with Crippen LogP contribution < -0.4 is 5.32 Å². The van der Waals surface area contributed by atoms with Crippen LogP contribution in [0.2, 0.25) is 0 Å². The molecule has 0 amide bonds. The number of hydrogen-bond acceptors (Lipinski definition) is 6. The molecule has 0 aliphatic carbocycles. The van der Waals surface area contributed by atoms with Crippen LogP contribution in [0.5, 0.6) is 0 Å². The van der Waals surface area contributed by atoms with Gasteiger partial charge in [-0.2, -0.15) is 0 Å². The number of aromatic nitrogens is 4. The van der Waals surface area contributed by atoms with E-state index in [0.29, 0.717) is 0 Å². The van der Waals surface area contributed by atoms with Crippen molar-refractivity contribution in [2.24, 2.45) is 7.05 Å². The van der Waals surface area contributed by atoms with Gasteiger partial charge in [0.15, 0.2) is 0 Å². The van der Waals surface area contributed by atoms with E-state index in [9.17, 15) is 0 Å². The average Bonchev–Trinajstić information content (AvgIpc) is 2.94. The number of hydrogen-bond donors (Lipinski definition) is 1. The monoisotopic (exact) mass is 283 g/mol. The molecule has 18 heavy (non-hydrogen) atoms. The van der Waals surface area contributed by atoms with Gasteiger partial charge in [-0.15, -0.1) is 16.4 Å². The fourth-order valence-electron chi connectivity index (χ4n) is 1.49. The molecule has 2 aromatic heterocycles. The van der Waals surface area contributed by atoms with Gasteiger partial charge in [-0.25, -0.2) is 4.68 Å². The van der Waals surface area contributed by atoms with Crippen molar-refractivity contribution < 1.29 is 0 Å². The number of nitrogens with zero attached hydrogens (tertiary/aromatic N) is 4. The normalized spacial score (nSPS) is 11.0. The van der Waals surface area contributed by atoms with Crippen molar-refractivity contribution in [3.8, 4) is 0 Å². The summed E-state index contributed by atoms with van der Waals surface area (Å²) in [5.41, 5.74) is 1.38. The Morgan fingerprint density at radius 1 is 1.50 bits per heavy atom. The Kier molecular flexibility index (Phi) is 5.15. The molecule has 1 N–H and O–H groups in total. The summed E-state index contributed by atoms with van der Waals surface area (Å²) in [6.07, 6.45) is 1.11. The summed E-state index contributed by atoms with van der Waals surface area (Å²) < 4.78 is 1.70. The molecule has 2 rings (SSSR count). The Balaban J connectivity index is 1.57. The largest absolute Gasteiger partial charge is 0.312 e. The molecule has 0 aliphatic rings. The van der Waals surface area contributed by atoms with E-state index < -0.39 is 0 Å². The standard InChI is InChI=1S/C11H17N5S2/c1-9-4-7-17-10(9)8-12-5-3-6-18-11-13-14-15-16(11)2/h4,7,12H,3,5-6,8H2,1-2H3. The van der Waals surface area contributed by atoms with Crippen LogP contribution in [-0.2, 0) is 13.6 Å². The zero-order valence-electron chi connectivity index (χ0n) is 10.6. The van der Waals surface area contributed by atoms with E-state index in [1.165, 1.54) is 10.4 Å². The highest BCUT2D eigenvalue weighted by molar-refractivity contribution is 7.99. The van der Waals surface area contributed by atoms with Gasteiger partial charge in [0.1, 0.15) is 0 Å². The fraction of sp³-hybridized carbons (Fsp3) is 0.545. The zero-order valence-corrected chi connectivity index (χ0v) is 12.2. The maximum absolute atomic E-state index is 3.93. The van der Waals surface area contributed by atoms with Gasteiger partial charge in [0.05, 0.1) is 0 Å². The van der Waals surface area contributed by atoms with Crippen LogP contribution in [0.1, 0.15) is 16.9 Å². The molecule has 0 aromatic carbocycles. The van der Waals surface area contributed by atoms with Crippen LogP contribution in [-0.4, -0.2) is 32.5 Å². The van der Waals surface area contributed by atoms with E-state index >= 15 is 0 Å². The van der Waals surface area contributed by atoms with Crippen molar-refractivity contribution in [3.05, 3.63) is 21.9 Å². The van der Waals surface area contributed by atoms with Gasteiger partial charge >= 0.3 is 0 Å². The lowest BCUT2D eigenvalue weighted by atomic mass is 10.3. The molecule has 0 radical (unpaired) electrons. The summed E-state index contributed by atoms with van der Waals surface area (Å²) in [5.74, 6) is 1.03. The van der Waals surface area contributed by atoms with Crippen molar-refractivity contribution in [1.82, 2.24) is 25.5 Å². The van der Waals surface area contributed by atoms with Crippen molar-refractivity contribution in [3.63, 3.8) is 0 Å². The molecule has 0 unspecified atom stereocenters. The second-order valence-electron chi connectivity index (χ2n) is 3.99. The molecule has 0 fully saturated rings. The minimum atomic E-state index is 0.879. The lowest BCUT2D eigenvalue weighted by Gasteiger charge is -2.03. The predicted octanol–water partition coefficient (Wildman–Crippen LogP) is 1.85. The van der Waals surface area contributed by atoms with E-state index in [4.69, 9.17) is 0 Å². The molecule has 5 nitrogen and oxygen atoms in total. The summed E-state index contributed by atoms with van der Waals surface area (Å²) in [6.45, 7) is 4.15. The Labute approximate surface area is 115 Å². The number of aryl methyl sites for hydroxylation is 2. The average molecular weight is 283 g/mol. The molecular formula is C11H17N5S2. The third kappa shape index (κ3) is 3.79. The van der Waals surface area contributed by atoms with E-state index in [1.807, 2.05) is 18.4 Å². The van der Waals surface area contributed by atoms with E-state index in [-0.39, 0.29) is 0 Å². The van der Waals surface area contributed by atoms with E-state index in [1.54, 1.807) is 16.4 Å². The first-order chi connectivity index (χ1) is 8.77. The van der Waals surface area contributed by atoms with Gasteiger partial charge in [0, 0.05) is 24.2 Å². The lowest BCUT2D eigenvalue weighted by molar-refractivity contribution is 0.661. The predicted molar refractivity (Wildman–Crippen MR) is 74.9 cm³/mol. The van der Waals surface area contributed by atoms with Gasteiger partial charge in [0.25, 0.3) is 0 Å². The van der Waals surface area contributed by atoms with Crippen molar-refractivity contribution in [2.45, 2.75) is 25.0 Å². The van der Waals surface area contributed by atoms with Crippen molar-refractivity contribution in [2.75, 3.05) is 12.3 Å². The molecular weight excluding hydrogens is 266 g/mol. The van der Waals surface area contributed by atoms with Crippen molar-refractivity contribution in [1.29, 1.82) is 0 Å². The van der Waals surface area contributed by atoms with Gasteiger partial charge in [0.2, 0.25) is 5.16 Å². The van der Waals surface area contributed by atoms with Gasteiger partial charge < -0.3 is 5.32 Å². The van der Waals surface area contributed by atoms with Gasteiger partial charge in [-0.1, -0.05) is 11.8 Å². The van der Waals surface area contributed by atoms with Gasteiger partial charge in [-0.3, -0.25) is 0 Å². The zero-order chi connectivity index (χ0) is 12.8. The van der Waals surface area contributed by atoms with Crippen LogP contribution in [0.3, 0.4) is 0 Å². The van der Waals surface area contributed by atoms with Crippen LogP contribution in [0.4, 0.5) is 0 Å². The lowest BCUT2D eigenvalue weighted by Crippen LogP contribution is -2.15. The number of rotatable bonds is 7. The van der Waals surface area contributed by atoms with Crippen LogP contribution in [0, 0.1) is 6.92 Å². The Bertz CT molecular complexity index is 435. The van der Waals surface area contributed by atoms with Crippen molar-refractivity contribution >= 4 is 23.1 Å². The summed E-state index contributed by atoms with van der Waals surface area (Å²) in [6, 6.07) is 2.17. The molecule has 7 heteroatoms. The summed E-state index contributed by atoms with van der Waals surface area (Å²) in [5, 5.41) is 17.8. The Morgan fingerprint density at radius 2 is 2.39 bits per heavy atom. The second kappa shape index (κ2) is 6.86. The maximum Gasteiger partial charge on any atom is 0.209 e. The highest BCUT2D eigenvalue weighted by Crippen LogP contribution is 2.15. The maximum atomic E-state index is 3.93. The fourth-order valence-corrected chi connectivity index (χ4v) is 3.16. The topological polar surface area (TPSA) is 55.6 Å². The first-order valence-electron chi connectivity index (χ1n) is 5.86. The van der Waals surface area contributed by atoms with Gasteiger partial charge in [-0.05, 0) is 47.3 Å². The van der Waals surface area contributed by atoms with E-state index in [2.05, 4.69) is 39.2 Å². The Morgan fingerprint density at radius 3 is 3.06 bits per heavy atom. The second-order valence-corrected chi connectivity index (χ2v) is 6.05. The number of nitrogens with one attached hydrogen (secondary N) is 1. The highest BCUT2D eigenvalue weighted by Gasteiger charge is 2.02. The molecule has 0 saturated heterocycles. The molecule has 2 heterocycles. The first kappa shape index (κ1) is 13.5. The minimum Gasteiger partial charge on any atom is -0.312 e. The molecule has 0 saturated carbocycles. The van der Waals surface area contributed by atoms with E-state index in [0.717, 1.165) is 30.4 Å². The molecule has 0 bridgehead atoms. The quantitative estimate of drug-likeness (QED) is 0.621. The Hall–Kier alpha value is -0.920. The molecule has 2 aromatic rings. The van der Waals surface area contributed by atoms with Crippen LogP contribution in [0.25, 0.3) is 0 Å². The first-order valence-corrected chi connectivity index (χ1v) is 7.72. The van der Waals surface area contributed by atoms with Crippen LogP contribution >= 0.6 is 23.1 Å². The SMILES string of the molecule is Cc1ccsc1CNCCCSc1nnnn1C. The molecule has 0 spiro atoms. The third-order valence-electron chi connectivity index (χ3n) is 2.56. The summed E-state index contributed by atoms with van der Waals surface area (Å²) in [7, 11) is 1.86. The number of thioether (sulfide) groups is 1. The van der Waals surface area contributed by atoms with Crippen LogP contribution in [0.15, 0.2) is 16.6 Å². The number of tetrazole rings is 1. The molecule has 98 valence electrons. The smallest absolute Gasteiger partial charge is 0.209 e. The highest BCUT2D eigenvalue weighted by atomic mass is 32.2. The molecule has 0 aliphatic heterocycles. The summed E-state index contributed by atoms with van der Waals surface area (Å²) in [4.78, 5) is 1.43. The minimum absolute atomic E-state index is 0.879. The number of thiophene rings is 1.